The molecular weight excluding hydrogens is 448 g/mol. The van der Waals surface area contributed by atoms with Gasteiger partial charge in [-0.05, 0) is 38.5 Å². The first-order valence-corrected chi connectivity index (χ1v) is 15.7. The van der Waals surface area contributed by atoms with E-state index in [0.29, 0.717) is 11.5 Å². The van der Waals surface area contributed by atoms with Crippen LogP contribution in [0.1, 0.15) is 51.4 Å². The fourth-order valence-corrected chi connectivity index (χ4v) is 7.16. The zero-order valence-corrected chi connectivity index (χ0v) is 21.9. The van der Waals surface area contributed by atoms with Crippen LogP contribution in [0.5, 0.6) is 0 Å². The van der Waals surface area contributed by atoms with E-state index in [4.69, 9.17) is 4.55 Å². The zero-order chi connectivity index (χ0) is 17.9. The molecule has 0 fully saturated rings. The number of hydrogen-bond donors (Lipinski definition) is 1. The summed E-state index contributed by atoms with van der Waals surface area (Å²) in [6.07, 6.45) is 8.43. The minimum absolute atomic E-state index is 0. The van der Waals surface area contributed by atoms with Gasteiger partial charge in [0.15, 0.2) is 11.1 Å². The van der Waals surface area contributed by atoms with Gasteiger partial charge in [0.2, 0.25) is 0 Å². The average molecular weight is 477 g/mol. The van der Waals surface area contributed by atoms with Crippen molar-refractivity contribution in [2.24, 2.45) is 0 Å². The number of unbranched alkanes of at least 4 members (excludes halogenated alkanes) is 5. The predicted molar refractivity (Wildman–Crippen MR) is 116 cm³/mol. The summed E-state index contributed by atoms with van der Waals surface area (Å²) in [6.45, 7) is 0. The Kier molecular flexibility index (Phi) is 29.4. The van der Waals surface area contributed by atoms with Crippen molar-refractivity contribution < 1.29 is 47.1 Å². The van der Waals surface area contributed by atoms with E-state index >= 15 is 0 Å². The summed E-state index contributed by atoms with van der Waals surface area (Å²) in [4.78, 5) is 0. The van der Waals surface area contributed by atoms with Crippen molar-refractivity contribution in [2.45, 2.75) is 51.4 Å². The van der Waals surface area contributed by atoms with E-state index in [1.54, 1.807) is 0 Å². The summed E-state index contributed by atoms with van der Waals surface area (Å²) in [5.41, 5.74) is 0. The normalized spacial score (nSPS) is 13.4. The van der Waals surface area contributed by atoms with Gasteiger partial charge in [0.25, 0.3) is 0 Å². The molecule has 0 radical (unpaired) electrons. The van der Waals surface area contributed by atoms with Gasteiger partial charge in [0.05, 0.1) is 0 Å². The van der Waals surface area contributed by atoms with E-state index in [1.165, 1.54) is 24.3 Å². The largest absolute Gasteiger partial charge is 1.00 e. The van der Waals surface area contributed by atoms with E-state index in [9.17, 15) is 13.0 Å². The maximum absolute atomic E-state index is 10.5. The van der Waals surface area contributed by atoms with Gasteiger partial charge in [-0.25, -0.2) is 4.21 Å². The van der Waals surface area contributed by atoms with Crippen molar-refractivity contribution in [1.29, 1.82) is 0 Å². The van der Waals surface area contributed by atoms with Crippen LogP contribution in [0.4, 0.5) is 0 Å². The van der Waals surface area contributed by atoms with Gasteiger partial charge in [0.1, 0.15) is 0 Å². The summed E-state index contributed by atoms with van der Waals surface area (Å²) in [6, 6.07) is 0. The van der Waals surface area contributed by atoms with Gasteiger partial charge in [-0.1, -0.05) is 67.1 Å². The maximum Gasteiger partial charge on any atom is 1.00 e. The topological polar surface area (TPSA) is 77.4 Å². The molecule has 2 atom stereocenters. The van der Waals surface area contributed by atoms with Gasteiger partial charge in [-0.3, -0.25) is 4.21 Å². The first kappa shape index (κ1) is 29.8. The van der Waals surface area contributed by atoms with Gasteiger partial charge in [-0.15, -0.1) is 0 Å². The molecule has 4 nitrogen and oxygen atoms in total. The quantitative estimate of drug-likeness (QED) is 0.131. The Balaban J connectivity index is 0. The van der Waals surface area contributed by atoms with Crippen LogP contribution < -0.4 is 29.6 Å². The average Bonchev–Trinajstić information content (AvgIpc) is 2.53. The van der Waals surface area contributed by atoms with Crippen molar-refractivity contribution in [1.82, 2.24) is 0 Å². The Bertz CT molecular complexity index is 296. The molecule has 0 aliphatic carbocycles. The molecule has 0 saturated heterocycles. The second kappa shape index (κ2) is 24.7. The molecule has 0 aliphatic rings. The maximum atomic E-state index is 10.5. The van der Waals surface area contributed by atoms with Gasteiger partial charge in [-0.2, -0.15) is 0 Å². The minimum atomic E-state index is -1.87. The predicted octanol–water partition coefficient (Wildman–Crippen LogP) is 1.97. The smallest absolute Gasteiger partial charge is 0.772 e. The molecule has 0 saturated carbocycles. The molecule has 0 rings (SSSR count). The molecular formula is C14H29NaO4S6. The van der Waals surface area contributed by atoms with Crippen molar-refractivity contribution in [2.75, 3.05) is 34.5 Å². The number of rotatable bonds is 19. The van der Waals surface area contributed by atoms with Crippen LogP contribution in [-0.4, -0.2) is 52.0 Å². The molecule has 0 spiro atoms. The van der Waals surface area contributed by atoms with Crippen LogP contribution in [0, 0.1) is 0 Å². The van der Waals surface area contributed by atoms with Crippen LogP contribution in [-0.2, 0) is 22.2 Å². The molecule has 25 heavy (non-hydrogen) atoms. The van der Waals surface area contributed by atoms with Gasteiger partial charge >= 0.3 is 29.6 Å². The van der Waals surface area contributed by atoms with Crippen LogP contribution in [0.3, 0.4) is 0 Å². The van der Waals surface area contributed by atoms with E-state index in [-0.39, 0.29) is 29.6 Å². The third-order valence-electron chi connectivity index (χ3n) is 2.96. The Morgan fingerprint density at radius 3 is 1.36 bits per heavy atom. The summed E-state index contributed by atoms with van der Waals surface area (Å²) in [5, 5.41) is 0. The first-order chi connectivity index (χ1) is 11.6. The molecule has 0 aromatic heterocycles. The summed E-state index contributed by atoms with van der Waals surface area (Å²) < 4.78 is 39.8. The summed E-state index contributed by atoms with van der Waals surface area (Å²) in [5.74, 6) is 5.35. The minimum Gasteiger partial charge on any atom is -0.772 e. The van der Waals surface area contributed by atoms with Crippen molar-refractivity contribution in [3.05, 3.63) is 0 Å². The van der Waals surface area contributed by atoms with Gasteiger partial charge < -0.3 is 9.11 Å². The van der Waals surface area contributed by atoms with Gasteiger partial charge in [0, 0.05) is 34.5 Å². The van der Waals surface area contributed by atoms with Crippen LogP contribution in [0.15, 0.2) is 0 Å². The first-order valence-electron chi connectivity index (χ1n) is 8.25. The Hall–Kier alpha value is 2.62. The number of hydrogen-bond acceptors (Lipinski definition) is 7. The SMILES string of the molecule is O=S([O-])CCCCCSSCCCCSSCCCCCS(=O)O.[Na+]. The fourth-order valence-electron chi connectivity index (χ4n) is 1.68. The molecule has 0 amide bonds. The second-order valence-electron chi connectivity index (χ2n) is 5.15. The Labute approximate surface area is 196 Å². The van der Waals surface area contributed by atoms with E-state index in [1.807, 2.05) is 43.2 Å². The van der Waals surface area contributed by atoms with Crippen molar-refractivity contribution >= 4 is 65.3 Å². The summed E-state index contributed by atoms with van der Waals surface area (Å²) in [7, 11) is 7.69. The second-order valence-corrected chi connectivity index (χ2v) is 12.6. The molecule has 0 heterocycles. The molecule has 0 aromatic carbocycles. The van der Waals surface area contributed by atoms with Crippen LogP contribution in [0.2, 0.25) is 0 Å². The third-order valence-corrected chi connectivity index (χ3v) is 9.37. The Morgan fingerprint density at radius 1 is 0.640 bits per heavy atom. The molecule has 0 aliphatic heterocycles. The summed E-state index contributed by atoms with van der Waals surface area (Å²) >= 11 is -3.49. The van der Waals surface area contributed by atoms with Crippen molar-refractivity contribution in [3.8, 4) is 0 Å². The van der Waals surface area contributed by atoms with E-state index in [0.717, 1.165) is 50.0 Å². The van der Waals surface area contributed by atoms with E-state index in [2.05, 4.69) is 0 Å². The van der Waals surface area contributed by atoms with Crippen LogP contribution >= 0.6 is 43.2 Å². The molecule has 1 N–H and O–H groups in total. The third kappa shape index (κ3) is 28.9. The fraction of sp³-hybridized carbons (Fsp3) is 1.00. The molecule has 146 valence electrons. The van der Waals surface area contributed by atoms with E-state index < -0.39 is 22.2 Å². The monoisotopic (exact) mass is 476 g/mol. The molecule has 11 heteroatoms. The van der Waals surface area contributed by atoms with Crippen LogP contribution in [0.25, 0.3) is 0 Å². The molecule has 2 unspecified atom stereocenters. The van der Waals surface area contributed by atoms with Crippen molar-refractivity contribution in [3.63, 3.8) is 0 Å². The Morgan fingerprint density at radius 2 is 1.00 bits per heavy atom. The zero-order valence-electron chi connectivity index (χ0n) is 15.0. The molecule has 0 bridgehead atoms. The molecule has 0 aromatic rings. The standard InChI is InChI=1S/C14H30O4S6.Na/c15-23(16)13-7-1-3-9-19-21-11-5-6-12-22-20-10-4-2-8-14-24(17)18;/h1-14H2,(H,15,16)(H,17,18);/q;+1/p-1.